The number of hydrogen-bond donors (Lipinski definition) is 1. The molecule has 0 saturated heterocycles. The summed E-state index contributed by atoms with van der Waals surface area (Å²) in [6.07, 6.45) is 4.56. The molecule has 1 saturated carbocycles. The van der Waals surface area contributed by atoms with Gasteiger partial charge in [0.25, 0.3) is 0 Å². The van der Waals surface area contributed by atoms with Gasteiger partial charge in [0.05, 0.1) is 10.3 Å². The van der Waals surface area contributed by atoms with Crippen molar-refractivity contribution in [2.45, 2.75) is 50.8 Å². The smallest absolute Gasteiger partial charge is 0.311 e. The van der Waals surface area contributed by atoms with Crippen molar-refractivity contribution in [2.24, 2.45) is 5.41 Å². The molecule has 3 heteroatoms. The van der Waals surface area contributed by atoms with Crippen LogP contribution in [0, 0.1) is 5.41 Å². The highest BCUT2D eigenvalue weighted by molar-refractivity contribution is 6.25. The van der Waals surface area contributed by atoms with E-state index in [1.54, 1.807) is 0 Å². The highest BCUT2D eigenvalue weighted by Gasteiger charge is 2.50. The van der Waals surface area contributed by atoms with E-state index in [4.69, 9.17) is 11.6 Å². The van der Waals surface area contributed by atoms with Crippen LogP contribution in [0.25, 0.3) is 0 Å². The highest BCUT2D eigenvalue weighted by atomic mass is 35.5. The molecular weight excluding hydrogens is 188 g/mol. The lowest BCUT2D eigenvalue weighted by atomic mass is 9.66. The summed E-state index contributed by atoms with van der Waals surface area (Å²) in [6, 6.07) is 0. The molecule has 0 bridgehead atoms. The fourth-order valence-electron chi connectivity index (χ4n) is 2.22. The Morgan fingerprint density at radius 2 is 1.77 bits per heavy atom. The number of rotatable bonds is 2. The molecule has 1 aliphatic carbocycles. The Morgan fingerprint density at radius 1 is 1.31 bits per heavy atom. The summed E-state index contributed by atoms with van der Waals surface area (Å²) in [6.45, 7) is 3.63. The van der Waals surface area contributed by atoms with Crippen molar-refractivity contribution in [3.63, 3.8) is 0 Å². The van der Waals surface area contributed by atoms with Crippen LogP contribution in [-0.2, 0) is 4.79 Å². The van der Waals surface area contributed by atoms with E-state index in [9.17, 15) is 9.90 Å². The lowest BCUT2D eigenvalue weighted by molar-refractivity contribution is -0.153. The summed E-state index contributed by atoms with van der Waals surface area (Å²) >= 11 is 6.18. The summed E-state index contributed by atoms with van der Waals surface area (Å²) < 4.78 is 0. The monoisotopic (exact) mass is 204 g/mol. The lowest BCUT2D eigenvalue weighted by Gasteiger charge is -2.42. The van der Waals surface area contributed by atoms with E-state index in [1.807, 2.05) is 13.8 Å². The van der Waals surface area contributed by atoms with Gasteiger partial charge < -0.3 is 5.11 Å². The Bertz CT molecular complexity index is 199. The van der Waals surface area contributed by atoms with Gasteiger partial charge in [-0.1, -0.05) is 19.3 Å². The predicted octanol–water partition coefficient (Wildman–Crippen LogP) is 3.04. The van der Waals surface area contributed by atoms with Gasteiger partial charge in [0.1, 0.15) is 0 Å². The maximum absolute atomic E-state index is 11.2. The van der Waals surface area contributed by atoms with E-state index < -0.39 is 16.3 Å². The largest absolute Gasteiger partial charge is 0.481 e. The quantitative estimate of drug-likeness (QED) is 0.702. The first-order valence-corrected chi connectivity index (χ1v) is 5.20. The first-order valence-electron chi connectivity index (χ1n) is 4.82. The van der Waals surface area contributed by atoms with Gasteiger partial charge >= 0.3 is 5.97 Å². The summed E-state index contributed by atoms with van der Waals surface area (Å²) in [4.78, 5) is 10.6. The van der Waals surface area contributed by atoms with Crippen LogP contribution in [-0.4, -0.2) is 16.0 Å². The number of carbonyl (C=O) groups is 1. The molecule has 76 valence electrons. The van der Waals surface area contributed by atoms with Crippen molar-refractivity contribution in [1.29, 1.82) is 0 Å². The van der Waals surface area contributed by atoms with Crippen molar-refractivity contribution >= 4 is 17.6 Å². The van der Waals surface area contributed by atoms with Crippen molar-refractivity contribution in [1.82, 2.24) is 0 Å². The summed E-state index contributed by atoms with van der Waals surface area (Å²) in [5.41, 5.74) is -0.702. The van der Waals surface area contributed by atoms with E-state index in [0.29, 0.717) is 0 Å². The van der Waals surface area contributed by atoms with E-state index in [0.717, 1.165) is 32.1 Å². The minimum absolute atomic E-state index is 0.640. The van der Waals surface area contributed by atoms with Gasteiger partial charge in [-0.3, -0.25) is 4.79 Å². The van der Waals surface area contributed by atoms with Gasteiger partial charge in [0, 0.05) is 0 Å². The van der Waals surface area contributed by atoms with Crippen LogP contribution in [0.15, 0.2) is 0 Å². The SMILES string of the molecule is CC(C)(Cl)C1(C(=O)O)CCCCC1. The molecule has 2 nitrogen and oxygen atoms in total. The molecule has 0 aromatic carbocycles. The van der Waals surface area contributed by atoms with Crippen LogP contribution in [0.5, 0.6) is 0 Å². The molecule has 1 N–H and O–H groups in total. The van der Waals surface area contributed by atoms with E-state index in [-0.39, 0.29) is 0 Å². The number of carboxylic acid groups (broad SMARTS) is 1. The third-order valence-electron chi connectivity index (χ3n) is 3.25. The molecule has 1 rings (SSSR count). The molecule has 13 heavy (non-hydrogen) atoms. The van der Waals surface area contributed by atoms with Gasteiger partial charge in [-0.25, -0.2) is 0 Å². The second-order valence-electron chi connectivity index (χ2n) is 4.42. The average molecular weight is 205 g/mol. The molecule has 1 aliphatic rings. The van der Waals surface area contributed by atoms with Gasteiger partial charge in [-0.2, -0.15) is 0 Å². The number of hydrogen-bond acceptors (Lipinski definition) is 1. The molecular formula is C10H17ClO2. The molecule has 0 atom stereocenters. The normalized spacial score (nSPS) is 22.7. The minimum atomic E-state index is -0.729. The fourth-order valence-corrected chi connectivity index (χ4v) is 2.49. The number of aliphatic carboxylic acids is 1. The molecule has 0 amide bonds. The summed E-state index contributed by atoms with van der Waals surface area (Å²) in [7, 11) is 0. The van der Waals surface area contributed by atoms with Crippen LogP contribution < -0.4 is 0 Å². The van der Waals surface area contributed by atoms with Crippen molar-refractivity contribution in [3.8, 4) is 0 Å². The molecule has 0 unspecified atom stereocenters. The van der Waals surface area contributed by atoms with Gasteiger partial charge in [-0.05, 0) is 26.7 Å². The number of carboxylic acids is 1. The second-order valence-corrected chi connectivity index (χ2v) is 5.37. The third-order valence-corrected chi connectivity index (χ3v) is 3.62. The van der Waals surface area contributed by atoms with Crippen LogP contribution in [0.2, 0.25) is 0 Å². The Kier molecular flexibility index (Phi) is 2.91. The van der Waals surface area contributed by atoms with Crippen LogP contribution in [0.3, 0.4) is 0 Å². The Balaban J connectivity index is 2.93. The number of halogens is 1. The molecule has 1 fully saturated rings. The Hall–Kier alpha value is -0.240. The fraction of sp³-hybridized carbons (Fsp3) is 0.900. The second kappa shape index (κ2) is 3.49. The minimum Gasteiger partial charge on any atom is -0.481 e. The Morgan fingerprint density at radius 3 is 2.00 bits per heavy atom. The Labute approximate surface area is 84.3 Å². The molecule has 0 aromatic heterocycles. The molecule has 0 aromatic rings. The number of alkyl halides is 1. The van der Waals surface area contributed by atoms with E-state index >= 15 is 0 Å². The van der Waals surface area contributed by atoms with Crippen LogP contribution in [0.1, 0.15) is 46.0 Å². The zero-order chi connectivity index (χ0) is 10.1. The van der Waals surface area contributed by atoms with Gasteiger partial charge in [0.15, 0.2) is 0 Å². The average Bonchev–Trinajstić information content (AvgIpc) is 2.03. The standard InChI is InChI=1S/C10H17ClO2/c1-9(2,11)10(8(12)13)6-4-3-5-7-10/h3-7H2,1-2H3,(H,12,13). The molecule has 0 heterocycles. The van der Waals surface area contributed by atoms with Crippen LogP contribution in [0.4, 0.5) is 0 Å². The van der Waals surface area contributed by atoms with E-state index in [2.05, 4.69) is 0 Å². The van der Waals surface area contributed by atoms with Crippen molar-refractivity contribution in [3.05, 3.63) is 0 Å². The zero-order valence-corrected chi connectivity index (χ0v) is 9.02. The highest BCUT2D eigenvalue weighted by Crippen LogP contribution is 2.48. The maximum atomic E-state index is 11.2. The zero-order valence-electron chi connectivity index (χ0n) is 8.27. The molecule has 0 aliphatic heterocycles. The van der Waals surface area contributed by atoms with Gasteiger partial charge in [0.2, 0.25) is 0 Å². The first-order chi connectivity index (χ1) is 5.90. The van der Waals surface area contributed by atoms with Crippen molar-refractivity contribution < 1.29 is 9.90 Å². The van der Waals surface area contributed by atoms with Crippen LogP contribution >= 0.6 is 11.6 Å². The third kappa shape index (κ3) is 1.83. The molecule has 0 radical (unpaired) electrons. The van der Waals surface area contributed by atoms with E-state index in [1.165, 1.54) is 0 Å². The van der Waals surface area contributed by atoms with Crippen molar-refractivity contribution in [2.75, 3.05) is 0 Å². The molecule has 0 spiro atoms. The van der Waals surface area contributed by atoms with Gasteiger partial charge in [-0.15, -0.1) is 11.6 Å². The predicted molar refractivity (Wildman–Crippen MR) is 53.1 cm³/mol. The maximum Gasteiger partial charge on any atom is 0.311 e. The topological polar surface area (TPSA) is 37.3 Å². The first kappa shape index (κ1) is 10.8. The lowest BCUT2D eigenvalue weighted by Crippen LogP contribution is -2.47. The summed E-state index contributed by atoms with van der Waals surface area (Å²) in [5, 5.41) is 9.24. The summed E-state index contributed by atoms with van der Waals surface area (Å²) in [5.74, 6) is -0.729.